The molecule has 0 saturated heterocycles. The second kappa shape index (κ2) is 12.3. The van der Waals surface area contributed by atoms with Crippen molar-refractivity contribution >= 4 is 133 Å². The van der Waals surface area contributed by atoms with Crippen LogP contribution in [0.15, 0.2) is 170 Å². The third kappa shape index (κ3) is 4.99. The van der Waals surface area contributed by atoms with Crippen LogP contribution in [0.25, 0.3) is 92.4 Å². The fraction of sp³-hybridized carbons (Fsp3) is 0. The maximum absolute atomic E-state index is 5.05. The highest BCUT2D eigenvalue weighted by atomic mass is 32.1. The molecule has 0 aliphatic heterocycles. The first-order valence-corrected chi connectivity index (χ1v) is 21.5. The van der Waals surface area contributed by atoms with Crippen LogP contribution in [-0.2, 0) is 0 Å². The van der Waals surface area contributed by atoms with Crippen molar-refractivity contribution in [3.05, 3.63) is 170 Å². The maximum Gasteiger partial charge on any atom is 0.124 e. The molecule has 12 aromatic rings. The molecule has 4 aromatic heterocycles. The van der Waals surface area contributed by atoms with Crippen LogP contribution in [0.5, 0.6) is 0 Å². The SMILES string of the molecule is c1ccc(-c2nc3ccc4sc5c(-c6ccc(N(c7ccc8c(c7)sc7ccccc78)c7ccc8sc9ccccc9c8c7)cc6)cccc5c4c3s2)cc1. The van der Waals surface area contributed by atoms with Crippen molar-refractivity contribution in [1.29, 1.82) is 0 Å². The van der Waals surface area contributed by atoms with E-state index in [1.165, 1.54) is 81.9 Å². The minimum absolute atomic E-state index is 1.06. The highest BCUT2D eigenvalue weighted by Crippen LogP contribution is 2.47. The van der Waals surface area contributed by atoms with Crippen molar-refractivity contribution in [2.75, 3.05) is 4.90 Å². The van der Waals surface area contributed by atoms with Crippen LogP contribution >= 0.6 is 45.3 Å². The number of benzene rings is 8. The monoisotopic (exact) mass is 772 g/mol. The Kier molecular flexibility index (Phi) is 7.04. The van der Waals surface area contributed by atoms with E-state index in [9.17, 15) is 0 Å². The lowest BCUT2D eigenvalue weighted by Gasteiger charge is -2.26. The molecule has 0 radical (unpaired) electrons. The molecule has 0 amide bonds. The molecule has 0 aliphatic rings. The number of hydrogen-bond acceptors (Lipinski definition) is 6. The normalized spacial score (nSPS) is 12.0. The highest BCUT2D eigenvalue weighted by Gasteiger charge is 2.19. The van der Waals surface area contributed by atoms with E-state index >= 15 is 0 Å². The van der Waals surface area contributed by atoms with Crippen molar-refractivity contribution in [3.63, 3.8) is 0 Å². The Morgan fingerprint density at radius 3 is 1.84 bits per heavy atom. The summed E-state index contributed by atoms with van der Waals surface area (Å²) in [6, 6.07) is 62.3. The van der Waals surface area contributed by atoms with Crippen LogP contribution in [0.1, 0.15) is 0 Å². The smallest absolute Gasteiger partial charge is 0.124 e. The molecule has 0 saturated carbocycles. The van der Waals surface area contributed by atoms with Gasteiger partial charge in [0.05, 0.1) is 10.2 Å². The van der Waals surface area contributed by atoms with Crippen LogP contribution in [0.3, 0.4) is 0 Å². The zero-order valence-electron chi connectivity index (χ0n) is 29.2. The molecular weight excluding hydrogens is 745 g/mol. The molecule has 258 valence electrons. The first-order chi connectivity index (χ1) is 27.2. The number of aromatic nitrogens is 1. The Bertz CT molecular complexity index is 3440. The van der Waals surface area contributed by atoms with E-state index in [4.69, 9.17) is 4.98 Å². The molecule has 0 fully saturated rings. The number of thiazole rings is 1. The van der Waals surface area contributed by atoms with E-state index in [1.54, 1.807) is 11.3 Å². The van der Waals surface area contributed by atoms with Crippen molar-refractivity contribution in [1.82, 2.24) is 4.98 Å². The van der Waals surface area contributed by atoms with Crippen LogP contribution < -0.4 is 4.90 Å². The molecule has 0 bridgehead atoms. The zero-order valence-corrected chi connectivity index (χ0v) is 32.5. The fourth-order valence-corrected chi connectivity index (χ4v) is 12.8. The number of anilines is 3. The average Bonchev–Trinajstić information content (AvgIpc) is 4.02. The van der Waals surface area contributed by atoms with Gasteiger partial charge in [-0.1, -0.05) is 103 Å². The Balaban J connectivity index is 0.997. The summed E-state index contributed by atoms with van der Waals surface area (Å²) < 4.78 is 9.12. The lowest BCUT2D eigenvalue weighted by Crippen LogP contribution is -2.09. The topological polar surface area (TPSA) is 16.1 Å². The summed E-state index contributed by atoms with van der Waals surface area (Å²) in [7, 11) is 0. The van der Waals surface area contributed by atoms with Gasteiger partial charge in [0.25, 0.3) is 0 Å². The van der Waals surface area contributed by atoms with E-state index in [2.05, 4.69) is 175 Å². The molecule has 2 nitrogen and oxygen atoms in total. The third-order valence-corrected chi connectivity index (χ3v) is 15.3. The molecule has 0 aliphatic carbocycles. The third-order valence-electron chi connectivity index (χ3n) is 10.7. The second-order valence-electron chi connectivity index (χ2n) is 13.9. The van der Waals surface area contributed by atoms with Crippen molar-refractivity contribution in [3.8, 4) is 21.7 Å². The number of nitrogens with zero attached hydrogens (tertiary/aromatic N) is 2. The van der Waals surface area contributed by atoms with Crippen LogP contribution in [0.2, 0.25) is 0 Å². The molecule has 12 rings (SSSR count). The Labute approximate surface area is 332 Å². The van der Waals surface area contributed by atoms with Gasteiger partial charge in [-0.3, -0.25) is 0 Å². The predicted octanol–water partition coefficient (Wildman–Crippen LogP) is 16.2. The van der Waals surface area contributed by atoms with Gasteiger partial charge in [-0.15, -0.1) is 45.3 Å². The van der Waals surface area contributed by atoms with Crippen LogP contribution in [-0.4, -0.2) is 4.98 Å². The molecule has 55 heavy (non-hydrogen) atoms. The summed E-state index contributed by atoms with van der Waals surface area (Å²) in [5, 5.41) is 8.91. The molecule has 0 atom stereocenters. The van der Waals surface area contributed by atoms with Crippen molar-refractivity contribution in [2.45, 2.75) is 0 Å². The minimum Gasteiger partial charge on any atom is -0.310 e. The number of thiophene rings is 3. The van der Waals surface area contributed by atoms with E-state index < -0.39 is 0 Å². The van der Waals surface area contributed by atoms with Crippen molar-refractivity contribution in [2.24, 2.45) is 0 Å². The average molecular weight is 773 g/mol. The van der Waals surface area contributed by atoms with Gasteiger partial charge in [-0.2, -0.15) is 0 Å². The molecule has 6 heteroatoms. The summed E-state index contributed by atoms with van der Waals surface area (Å²) in [6.07, 6.45) is 0. The molecule has 0 N–H and O–H groups in total. The van der Waals surface area contributed by atoms with Gasteiger partial charge in [-0.05, 0) is 77.9 Å². The highest BCUT2D eigenvalue weighted by molar-refractivity contribution is 7.28. The van der Waals surface area contributed by atoms with Gasteiger partial charge in [0.1, 0.15) is 5.01 Å². The quantitative estimate of drug-likeness (QED) is 0.173. The lowest BCUT2D eigenvalue weighted by molar-refractivity contribution is 1.30. The first-order valence-electron chi connectivity index (χ1n) is 18.3. The second-order valence-corrected chi connectivity index (χ2v) is 18.1. The summed E-state index contributed by atoms with van der Waals surface area (Å²) in [6.45, 7) is 0. The summed E-state index contributed by atoms with van der Waals surface area (Å²) in [5.74, 6) is 0. The Morgan fingerprint density at radius 2 is 1.00 bits per heavy atom. The lowest BCUT2D eigenvalue weighted by atomic mass is 10.0. The van der Waals surface area contributed by atoms with Gasteiger partial charge in [0, 0.05) is 83.1 Å². The van der Waals surface area contributed by atoms with Gasteiger partial charge in [-0.25, -0.2) is 4.98 Å². The van der Waals surface area contributed by atoms with Gasteiger partial charge in [0.15, 0.2) is 0 Å². The summed E-state index contributed by atoms with van der Waals surface area (Å²) in [4.78, 5) is 7.47. The van der Waals surface area contributed by atoms with Crippen molar-refractivity contribution < 1.29 is 0 Å². The Hall–Kier alpha value is -5.89. The molecule has 8 aromatic carbocycles. The molecular formula is C49H28N2S4. The number of rotatable bonds is 5. The van der Waals surface area contributed by atoms with Gasteiger partial charge >= 0.3 is 0 Å². The largest absolute Gasteiger partial charge is 0.310 e. The predicted molar refractivity (Wildman–Crippen MR) is 244 cm³/mol. The fourth-order valence-electron chi connectivity index (χ4n) is 8.14. The van der Waals surface area contributed by atoms with Gasteiger partial charge < -0.3 is 4.90 Å². The van der Waals surface area contributed by atoms with E-state index in [1.807, 2.05) is 34.0 Å². The standard InChI is InChI=1S/C49H28N2S4/c1-2-9-30(10-3-1)49-50-40-24-26-44-46(48(40)55-49)38-14-8-13-34(47(38)54-44)29-17-19-31(20-18-29)51(32-22-25-43-39(27-32)36-12-5-7-16-42(36)52-43)33-21-23-37-35-11-4-6-15-41(35)53-45(37)28-33/h1-28H. The molecule has 0 spiro atoms. The maximum atomic E-state index is 5.05. The zero-order chi connectivity index (χ0) is 36.0. The summed E-state index contributed by atoms with van der Waals surface area (Å²) >= 11 is 7.41. The van der Waals surface area contributed by atoms with Crippen LogP contribution in [0.4, 0.5) is 17.1 Å². The van der Waals surface area contributed by atoms with E-state index in [-0.39, 0.29) is 0 Å². The Morgan fingerprint density at radius 1 is 0.364 bits per heavy atom. The summed E-state index contributed by atoms with van der Waals surface area (Å²) in [5.41, 5.74) is 8.14. The van der Waals surface area contributed by atoms with Gasteiger partial charge in [0.2, 0.25) is 0 Å². The molecule has 0 unspecified atom stereocenters. The number of fused-ring (bicyclic) bond motifs is 11. The number of hydrogen-bond donors (Lipinski definition) is 0. The van der Waals surface area contributed by atoms with E-state index in [0.717, 1.165) is 27.6 Å². The van der Waals surface area contributed by atoms with Crippen LogP contribution in [0, 0.1) is 0 Å². The molecule has 4 heterocycles. The first kappa shape index (κ1) is 31.5. The minimum atomic E-state index is 1.06. The van der Waals surface area contributed by atoms with E-state index in [0.29, 0.717) is 0 Å².